The van der Waals surface area contributed by atoms with Crippen LogP contribution < -0.4 is 19.5 Å². The van der Waals surface area contributed by atoms with E-state index in [1.54, 1.807) is 38.3 Å². The van der Waals surface area contributed by atoms with Crippen molar-refractivity contribution in [2.75, 3.05) is 19.0 Å². The fourth-order valence-electron chi connectivity index (χ4n) is 3.12. The summed E-state index contributed by atoms with van der Waals surface area (Å²) in [5, 5.41) is 2.93. The van der Waals surface area contributed by atoms with Crippen molar-refractivity contribution in [3.8, 4) is 11.5 Å². The normalized spacial score (nSPS) is 12.1. The fourth-order valence-corrected chi connectivity index (χ4v) is 4.64. The van der Waals surface area contributed by atoms with E-state index in [0.717, 1.165) is 5.56 Å². The van der Waals surface area contributed by atoms with Crippen molar-refractivity contribution in [1.82, 2.24) is 4.72 Å². The number of benzene rings is 3. The highest BCUT2D eigenvalue weighted by molar-refractivity contribution is 7.89. The molecule has 1 atom stereocenters. The largest absolute Gasteiger partial charge is 0.497 e. The predicted octanol–water partition coefficient (Wildman–Crippen LogP) is 4.28. The average molecular weight is 489 g/mol. The zero-order valence-corrected chi connectivity index (χ0v) is 19.8. The van der Waals surface area contributed by atoms with E-state index in [1.165, 1.54) is 18.2 Å². The Labute approximate surface area is 198 Å². The van der Waals surface area contributed by atoms with Crippen molar-refractivity contribution < 1.29 is 22.7 Å². The van der Waals surface area contributed by atoms with Crippen molar-refractivity contribution in [3.05, 3.63) is 83.4 Å². The smallest absolute Gasteiger partial charge is 0.242 e. The first-order valence-electron chi connectivity index (χ1n) is 10.3. The second-order valence-corrected chi connectivity index (χ2v) is 9.23. The number of anilines is 1. The van der Waals surface area contributed by atoms with E-state index in [9.17, 15) is 13.2 Å². The van der Waals surface area contributed by atoms with Gasteiger partial charge in [0.05, 0.1) is 23.6 Å². The Bertz CT molecular complexity index is 1190. The van der Waals surface area contributed by atoms with Crippen LogP contribution in [0, 0.1) is 0 Å². The lowest BCUT2D eigenvalue weighted by Crippen LogP contribution is -2.45. The average Bonchev–Trinajstić information content (AvgIpc) is 2.81. The SMILES string of the molecule is CCOc1ccc(S(=O)(=O)NC(Cc2ccccc2)C(=O)Nc2ccc(OC)cc2)cc1Cl. The Morgan fingerprint density at radius 1 is 1.03 bits per heavy atom. The van der Waals surface area contributed by atoms with Gasteiger partial charge in [-0.1, -0.05) is 41.9 Å². The third-order valence-corrected chi connectivity index (χ3v) is 6.53. The number of methoxy groups -OCH3 is 1. The standard InChI is InChI=1S/C24H25ClN2O5S/c1-3-32-23-14-13-20(16-21(23)25)33(29,30)27-22(15-17-7-5-4-6-8-17)24(28)26-18-9-11-19(31-2)12-10-18/h4-14,16,22,27H,3,15H2,1-2H3,(H,26,28). The molecule has 174 valence electrons. The highest BCUT2D eigenvalue weighted by Crippen LogP contribution is 2.27. The summed E-state index contributed by atoms with van der Waals surface area (Å²) in [5.74, 6) is 0.530. The van der Waals surface area contributed by atoms with E-state index < -0.39 is 22.0 Å². The quantitative estimate of drug-likeness (QED) is 0.444. The third-order valence-electron chi connectivity index (χ3n) is 4.77. The molecule has 0 bridgehead atoms. The van der Waals surface area contributed by atoms with Crippen LogP contribution in [0.25, 0.3) is 0 Å². The molecule has 0 heterocycles. The van der Waals surface area contributed by atoms with E-state index in [4.69, 9.17) is 21.1 Å². The molecular formula is C24H25ClN2O5S. The highest BCUT2D eigenvalue weighted by Gasteiger charge is 2.27. The molecule has 0 aliphatic heterocycles. The number of amides is 1. The minimum absolute atomic E-state index is 0.0636. The number of nitrogens with one attached hydrogen (secondary N) is 2. The molecule has 33 heavy (non-hydrogen) atoms. The van der Waals surface area contributed by atoms with Gasteiger partial charge in [-0.25, -0.2) is 8.42 Å². The number of sulfonamides is 1. The number of rotatable bonds is 10. The van der Waals surface area contributed by atoms with Crippen LogP contribution in [0.1, 0.15) is 12.5 Å². The molecule has 1 unspecified atom stereocenters. The second kappa shape index (κ2) is 11.2. The lowest BCUT2D eigenvalue weighted by Gasteiger charge is -2.19. The van der Waals surface area contributed by atoms with Crippen LogP contribution in [0.4, 0.5) is 5.69 Å². The van der Waals surface area contributed by atoms with Crippen molar-refractivity contribution in [1.29, 1.82) is 0 Å². The van der Waals surface area contributed by atoms with Gasteiger partial charge in [0.2, 0.25) is 15.9 Å². The van der Waals surface area contributed by atoms with Crippen LogP contribution in [0.3, 0.4) is 0 Å². The molecule has 0 aliphatic rings. The van der Waals surface area contributed by atoms with Crippen molar-refractivity contribution in [3.63, 3.8) is 0 Å². The third kappa shape index (κ3) is 6.71. The Morgan fingerprint density at radius 3 is 2.33 bits per heavy atom. The maximum Gasteiger partial charge on any atom is 0.242 e. The van der Waals surface area contributed by atoms with Gasteiger partial charge in [0, 0.05) is 5.69 Å². The second-order valence-electron chi connectivity index (χ2n) is 7.11. The lowest BCUT2D eigenvalue weighted by atomic mass is 10.1. The number of ether oxygens (including phenoxy) is 2. The summed E-state index contributed by atoms with van der Waals surface area (Å²) in [6, 6.07) is 19.0. The van der Waals surface area contributed by atoms with Gasteiger partial charge in [0.1, 0.15) is 17.5 Å². The Kier molecular flexibility index (Phi) is 8.32. The highest BCUT2D eigenvalue weighted by atomic mass is 35.5. The molecule has 3 rings (SSSR count). The first kappa shape index (κ1) is 24.6. The Hall–Kier alpha value is -3.07. The summed E-state index contributed by atoms with van der Waals surface area (Å²) in [5.41, 5.74) is 1.32. The van der Waals surface area contributed by atoms with E-state index in [1.807, 2.05) is 30.3 Å². The number of hydrogen-bond acceptors (Lipinski definition) is 5. The van der Waals surface area contributed by atoms with Crippen molar-refractivity contribution in [2.45, 2.75) is 24.3 Å². The first-order valence-corrected chi connectivity index (χ1v) is 12.1. The summed E-state index contributed by atoms with van der Waals surface area (Å²) in [4.78, 5) is 13.0. The van der Waals surface area contributed by atoms with Gasteiger partial charge in [-0.2, -0.15) is 4.72 Å². The van der Waals surface area contributed by atoms with Crippen LogP contribution >= 0.6 is 11.6 Å². The number of hydrogen-bond donors (Lipinski definition) is 2. The van der Waals surface area contributed by atoms with Gasteiger partial charge < -0.3 is 14.8 Å². The van der Waals surface area contributed by atoms with Gasteiger partial charge in [0.15, 0.2) is 0 Å². The van der Waals surface area contributed by atoms with Gasteiger partial charge in [-0.05, 0) is 61.4 Å². The van der Waals surface area contributed by atoms with Crippen molar-refractivity contribution >= 4 is 33.2 Å². The molecule has 9 heteroatoms. The Balaban J connectivity index is 1.85. The molecule has 0 aliphatic carbocycles. The van der Waals surface area contributed by atoms with Crippen LogP contribution in [-0.2, 0) is 21.2 Å². The molecule has 2 N–H and O–H groups in total. The summed E-state index contributed by atoms with van der Waals surface area (Å²) >= 11 is 6.17. The Morgan fingerprint density at radius 2 is 1.73 bits per heavy atom. The molecule has 7 nitrogen and oxygen atoms in total. The minimum atomic E-state index is -4.05. The van der Waals surface area contributed by atoms with Crippen LogP contribution in [0.2, 0.25) is 5.02 Å². The number of carbonyl (C=O) groups excluding carboxylic acids is 1. The molecule has 0 aromatic heterocycles. The molecular weight excluding hydrogens is 464 g/mol. The first-order chi connectivity index (χ1) is 15.8. The molecule has 0 saturated carbocycles. The van der Waals surface area contributed by atoms with E-state index in [0.29, 0.717) is 23.8 Å². The van der Waals surface area contributed by atoms with E-state index >= 15 is 0 Å². The lowest BCUT2D eigenvalue weighted by molar-refractivity contribution is -0.117. The fraction of sp³-hybridized carbons (Fsp3) is 0.208. The monoisotopic (exact) mass is 488 g/mol. The van der Waals surface area contributed by atoms with E-state index in [-0.39, 0.29) is 16.3 Å². The van der Waals surface area contributed by atoms with Gasteiger partial charge in [-0.3, -0.25) is 4.79 Å². The van der Waals surface area contributed by atoms with Crippen LogP contribution in [0.15, 0.2) is 77.7 Å². The molecule has 0 spiro atoms. The topological polar surface area (TPSA) is 93.7 Å². The minimum Gasteiger partial charge on any atom is -0.497 e. The van der Waals surface area contributed by atoms with Gasteiger partial charge >= 0.3 is 0 Å². The predicted molar refractivity (Wildman–Crippen MR) is 129 cm³/mol. The zero-order chi connectivity index (χ0) is 23.8. The number of carbonyl (C=O) groups is 1. The van der Waals surface area contributed by atoms with Crippen molar-refractivity contribution in [2.24, 2.45) is 0 Å². The van der Waals surface area contributed by atoms with Crippen LogP contribution in [0.5, 0.6) is 11.5 Å². The molecule has 0 fully saturated rings. The zero-order valence-electron chi connectivity index (χ0n) is 18.2. The van der Waals surface area contributed by atoms with Gasteiger partial charge in [-0.15, -0.1) is 0 Å². The molecule has 1 amide bonds. The maximum atomic E-state index is 13.1. The maximum absolute atomic E-state index is 13.1. The van der Waals surface area contributed by atoms with Gasteiger partial charge in [0.25, 0.3) is 0 Å². The molecule has 3 aromatic rings. The molecule has 0 radical (unpaired) electrons. The number of halogens is 1. The summed E-state index contributed by atoms with van der Waals surface area (Å²) in [6.45, 7) is 2.20. The van der Waals surface area contributed by atoms with E-state index in [2.05, 4.69) is 10.0 Å². The van der Waals surface area contributed by atoms with Crippen LogP contribution in [-0.4, -0.2) is 34.1 Å². The summed E-state index contributed by atoms with van der Waals surface area (Å²) in [7, 11) is -2.51. The summed E-state index contributed by atoms with van der Waals surface area (Å²) < 4.78 is 39.2. The molecule has 0 saturated heterocycles. The summed E-state index contributed by atoms with van der Waals surface area (Å²) in [6.07, 6.45) is 0.160. The molecule has 3 aromatic carbocycles.